The number of esters is 1. The molecule has 3 aromatic rings. The summed E-state index contributed by atoms with van der Waals surface area (Å²) in [7, 11) is 0. The van der Waals surface area contributed by atoms with Crippen LogP contribution < -0.4 is 0 Å². The lowest BCUT2D eigenvalue weighted by Crippen LogP contribution is -2.07. The van der Waals surface area contributed by atoms with Crippen LogP contribution in [0.1, 0.15) is 42.9 Å². The van der Waals surface area contributed by atoms with E-state index in [4.69, 9.17) is 9.84 Å². The van der Waals surface area contributed by atoms with Crippen LogP contribution in [0.5, 0.6) is 0 Å². The van der Waals surface area contributed by atoms with E-state index in [-0.39, 0.29) is 6.04 Å². The highest BCUT2D eigenvalue weighted by molar-refractivity contribution is 6.00. The Hall–Kier alpha value is -2.89. The Morgan fingerprint density at radius 1 is 1.36 bits per heavy atom. The van der Waals surface area contributed by atoms with E-state index in [2.05, 4.69) is 23.8 Å². The molecule has 0 fully saturated rings. The van der Waals surface area contributed by atoms with E-state index < -0.39 is 5.97 Å². The Labute approximate surface area is 146 Å². The normalized spacial score (nSPS) is 11.1. The van der Waals surface area contributed by atoms with Crippen molar-refractivity contribution in [1.29, 1.82) is 0 Å². The number of nitrogens with one attached hydrogen (secondary N) is 1. The molecule has 0 saturated carbocycles. The molecule has 0 aromatic carbocycles. The number of ether oxygens (including phenoxy) is 1. The highest BCUT2D eigenvalue weighted by Crippen LogP contribution is 2.35. The maximum atomic E-state index is 12.4. The maximum Gasteiger partial charge on any atom is 0.355 e. The van der Waals surface area contributed by atoms with Crippen LogP contribution >= 0.6 is 0 Å². The maximum absolute atomic E-state index is 12.4. The van der Waals surface area contributed by atoms with Crippen molar-refractivity contribution in [3.63, 3.8) is 0 Å². The summed E-state index contributed by atoms with van der Waals surface area (Å²) in [5.41, 5.74) is 4.55. The number of aromatic nitrogens is 4. The first-order chi connectivity index (χ1) is 12.0. The summed E-state index contributed by atoms with van der Waals surface area (Å²) in [6, 6.07) is 5.88. The van der Waals surface area contributed by atoms with Crippen LogP contribution in [0.3, 0.4) is 0 Å². The van der Waals surface area contributed by atoms with Crippen LogP contribution in [0.2, 0.25) is 0 Å². The third-order valence-electron chi connectivity index (χ3n) is 3.98. The highest BCUT2D eigenvalue weighted by atomic mass is 16.5. The van der Waals surface area contributed by atoms with Gasteiger partial charge in [-0.15, -0.1) is 0 Å². The minimum Gasteiger partial charge on any atom is -0.461 e. The van der Waals surface area contributed by atoms with Gasteiger partial charge in [0.1, 0.15) is 5.69 Å². The van der Waals surface area contributed by atoms with Gasteiger partial charge in [0.15, 0.2) is 0 Å². The molecule has 6 nitrogen and oxygen atoms in total. The molecule has 130 valence electrons. The fourth-order valence-corrected chi connectivity index (χ4v) is 2.76. The van der Waals surface area contributed by atoms with Gasteiger partial charge in [0.2, 0.25) is 0 Å². The Morgan fingerprint density at radius 3 is 2.76 bits per heavy atom. The van der Waals surface area contributed by atoms with Crippen molar-refractivity contribution in [3.8, 4) is 22.5 Å². The molecule has 0 bridgehead atoms. The molecule has 3 heterocycles. The molecule has 3 aromatic heterocycles. The largest absolute Gasteiger partial charge is 0.461 e. The Morgan fingerprint density at radius 2 is 2.16 bits per heavy atom. The van der Waals surface area contributed by atoms with E-state index in [0.717, 1.165) is 22.4 Å². The van der Waals surface area contributed by atoms with E-state index in [1.807, 2.05) is 36.0 Å². The first kappa shape index (κ1) is 17.0. The molecule has 1 N–H and O–H groups in total. The van der Waals surface area contributed by atoms with Gasteiger partial charge in [0, 0.05) is 35.8 Å². The van der Waals surface area contributed by atoms with Crippen LogP contribution in [0.15, 0.2) is 36.8 Å². The van der Waals surface area contributed by atoms with Crippen LogP contribution in [-0.2, 0) is 4.74 Å². The molecule has 0 aliphatic heterocycles. The lowest BCUT2D eigenvalue weighted by molar-refractivity contribution is 0.0521. The second-order valence-corrected chi connectivity index (χ2v) is 6.12. The average molecular weight is 338 g/mol. The Balaban J connectivity index is 2.19. The zero-order chi connectivity index (χ0) is 18.0. The monoisotopic (exact) mass is 338 g/mol. The van der Waals surface area contributed by atoms with Gasteiger partial charge >= 0.3 is 5.97 Å². The molecular weight excluding hydrogens is 316 g/mol. The van der Waals surface area contributed by atoms with Crippen molar-refractivity contribution in [2.24, 2.45) is 0 Å². The molecule has 0 atom stereocenters. The van der Waals surface area contributed by atoms with Crippen LogP contribution in [0, 0.1) is 6.92 Å². The molecule has 0 amide bonds. The summed E-state index contributed by atoms with van der Waals surface area (Å²) >= 11 is 0. The minimum absolute atomic E-state index is 0.259. The smallest absolute Gasteiger partial charge is 0.355 e. The van der Waals surface area contributed by atoms with E-state index in [9.17, 15) is 4.79 Å². The zero-order valence-corrected chi connectivity index (χ0v) is 14.9. The first-order valence-electron chi connectivity index (χ1n) is 8.39. The Bertz CT molecular complexity index is 878. The van der Waals surface area contributed by atoms with E-state index in [0.29, 0.717) is 18.0 Å². The van der Waals surface area contributed by atoms with Crippen LogP contribution in [0.4, 0.5) is 0 Å². The van der Waals surface area contributed by atoms with E-state index in [1.165, 1.54) is 0 Å². The van der Waals surface area contributed by atoms with Crippen molar-refractivity contribution in [2.45, 2.75) is 33.7 Å². The summed E-state index contributed by atoms with van der Waals surface area (Å²) in [5.74, 6) is -0.393. The quantitative estimate of drug-likeness (QED) is 0.714. The number of nitrogens with zero attached hydrogens (tertiary/aromatic N) is 3. The van der Waals surface area contributed by atoms with Gasteiger partial charge in [-0.3, -0.25) is 9.67 Å². The second kappa shape index (κ2) is 6.93. The van der Waals surface area contributed by atoms with E-state index in [1.54, 1.807) is 19.3 Å². The summed E-state index contributed by atoms with van der Waals surface area (Å²) in [6.45, 7) is 8.28. The highest BCUT2D eigenvalue weighted by Gasteiger charge is 2.24. The van der Waals surface area contributed by atoms with Gasteiger partial charge in [-0.2, -0.15) is 5.10 Å². The summed E-state index contributed by atoms with van der Waals surface area (Å²) < 4.78 is 7.11. The summed E-state index contributed by atoms with van der Waals surface area (Å²) in [6.07, 6.45) is 5.52. The lowest BCUT2D eigenvalue weighted by atomic mass is 10.0. The standard InChI is InChI=1S/C19H22N4O2/c1-5-25-19(24)18-16(15-8-6-7-9-20-15)14(10-21-18)17-13(4)11-23(22-17)12(2)3/h6-12,21H,5H2,1-4H3. The van der Waals surface area contributed by atoms with Gasteiger partial charge in [-0.1, -0.05) is 6.07 Å². The molecule has 0 aliphatic carbocycles. The van der Waals surface area contributed by atoms with Gasteiger partial charge in [0.25, 0.3) is 0 Å². The number of carbonyl (C=O) groups is 1. The third kappa shape index (κ3) is 3.20. The second-order valence-electron chi connectivity index (χ2n) is 6.12. The molecule has 0 aliphatic rings. The predicted molar refractivity (Wildman–Crippen MR) is 96.3 cm³/mol. The van der Waals surface area contributed by atoms with Crippen molar-refractivity contribution >= 4 is 5.97 Å². The fourth-order valence-electron chi connectivity index (χ4n) is 2.76. The van der Waals surface area contributed by atoms with Gasteiger partial charge < -0.3 is 9.72 Å². The van der Waals surface area contributed by atoms with Gasteiger partial charge in [0.05, 0.1) is 18.0 Å². The summed E-state index contributed by atoms with van der Waals surface area (Å²) in [4.78, 5) is 19.9. The number of rotatable bonds is 5. The number of pyridine rings is 1. The number of H-pyrrole nitrogens is 1. The van der Waals surface area contributed by atoms with Crippen molar-refractivity contribution in [2.75, 3.05) is 6.61 Å². The van der Waals surface area contributed by atoms with Gasteiger partial charge in [-0.05, 0) is 45.4 Å². The molecule has 0 saturated heterocycles. The topological polar surface area (TPSA) is 72.8 Å². The molecule has 6 heteroatoms. The SMILES string of the molecule is CCOC(=O)c1[nH]cc(-c2nn(C(C)C)cc2C)c1-c1ccccn1. The molecule has 0 unspecified atom stereocenters. The first-order valence-corrected chi connectivity index (χ1v) is 8.39. The van der Waals surface area contributed by atoms with Crippen LogP contribution in [-0.4, -0.2) is 32.3 Å². The van der Waals surface area contributed by atoms with Crippen molar-refractivity contribution in [1.82, 2.24) is 19.7 Å². The van der Waals surface area contributed by atoms with Crippen molar-refractivity contribution in [3.05, 3.63) is 48.0 Å². The number of hydrogen-bond donors (Lipinski definition) is 1. The molecule has 3 rings (SSSR count). The lowest BCUT2D eigenvalue weighted by Gasteiger charge is -2.07. The molecule has 0 radical (unpaired) electrons. The number of carbonyl (C=O) groups excluding carboxylic acids is 1. The predicted octanol–water partition coefficient (Wildman–Crippen LogP) is 4.01. The number of aryl methyl sites for hydroxylation is 1. The molecule has 25 heavy (non-hydrogen) atoms. The number of aromatic amines is 1. The van der Waals surface area contributed by atoms with Crippen LogP contribution in [0.25, 0.3) is 22.5 Å². The summed E-state index contributed by atoms with van der Waals surface area (Å²) in [5, 5.41) is 4.70. The Kier molecular flexibility index (Phi) is 4.70. The molecular formula is C19H22N4O2. The third-order valence-corrected chi connectivity index (χ3v) is 3.98. The fraction of sp³-hybridized carbons (Fsp3) is 0.316. The minimum atomic E-state index is -0.393. The zero-order valence-electron chi connectivity index (χ0n) is 14.9. The van der Waals surface area contributed by atoms with E-state index >= 15 is 0 Å². The van der Waals surface area contributed by atoms with Gasteiger partial charge in [-0.25, -0.2) is 4.79 Å². The van der Waals surface area contributed by atoms with Crippen molar-refractivity contribution < 1.29 is 9.53 Å². The average Bonchev–Trinajstić information content (AvgIpc) is 3.19. The number of hydrogen-bond acceptors (Lipinski definition) is 4. The molecule has 0 spiro atoms.